The molecule has 0 radical (unpaired) electrons. The van der Waals surface area contributed by atoms with E-state index in [4.69, 9.17) is 10.5 Å². The number of methoxy groups -OCH3 is 1. The molecule has 0 saturated heterocycles. The summed E-state index contributed by atoms with van der Waals surface area (Å²) in [6.07, 6.45) is -4.11. The van der Waals surface area contributed by atoms with Crippen molar-refractivity contribution >= 4 is 47.0 Å². The van der Waals surface area contributed by atoms with Gasteiger partial charge in [-0.15, -0.1) is 35.3 Å². The molecule has 0 aliphatic carbocycles. The highest BCUT2D eigenvalue weighted by Gasteiger charge is 2.33. The van der Waals surface area contributed by atoms with Crippen LogP contribution in [-0.2, 0) is 12.6 Å². The van der Waals surface area contributed by atoms with Crippen LogP contribution in [0.2, 0.25) is 0 Å². The minimum absolute atomic E-state index is 0. The van der Waals surface area contributed by atoms with Gasteiger partial charge in [-0.25, -0.2) is 4.98 Å². The van der Waals surface area contributed by atoms with Crippen molar-refractivity contribution < 1.29 is 17.9 Å². The van der Waals surface area contributed by atoms with Crippen LogP contribution >= 0.6 is 35.3 Å². The number of benzene rings is 1. The van der Waals surface area contributed by atoms with Crippen LogP contribution in [0.4, 0.5) is 18.9 Å². The van der Waals surface area contributed by atoms with Crippen LogP contribution in [0.15, 0.2) is 34.6 Å². The van der Waals surface area contributed by atoms with Gasteiger partial charge in [-0.05, 0) is 24.3 Å². The Morgan fingerprint density at radius 2 is 2.00 bits per heavy atom. The van der Waals surface area contributed by atoms with E-state index in [1.54, 1.807) is 31.4 Å². The van der Waals surface area contributed by atoms with Gasteiger partial charge in [-0.3, -0.25) is 4.99 Å². The summed E-state index contributed by atoms with van der Waals surface area (Å²) in [6.45, 7) is 0.250. The molecule has 5 nitrogen and oxygen atoms in total. The second-order valence-electron chi connectivity index (χ2n) is 4.49. The molecular weight excluding hydrogens is 456 g/mol. The molecule has 0 fully saturated rings. The molecule has 0 spiro atoms. The van der Waals surface area contributed by atoms with Gasteiger partial charge in [0.1, 0.15) is 5.75 Å². The second-order valence-corrected chi connectivity index (χ2v) is 5.44. The molecule has 0 unspecified atom stereocenters. The van der Waals surface area contributed by atoms with Gasteiger partial charge in [0, 0.05) is 24.0 Å². The number of ether oxygens (including phenoxy) is 1. The summed E-state index contributed by atoms with van der Waals surface area (Å²) in [5, 5.41) is 4.26. The van der Waals surface area contributed by atoms with Crippen molar-refractivity contribution in [2.24, 2.45) is 10.7 Å². The van der Waals surface area contributed by atoms with Crippen molar-refractivity contribution in [3.63, 3.8) is 0 Å². The van der Waals surface area contributed by atoms with E-state index >= 15 is 0 Å². The minimum Gasteiger partial charge on any atom is -0.497 e. The minimum atomic E-state index is -4.41. The Morgan fingerprint density at radius 3 is 2.54 bits per heavy atom. The number of halogens is 4. The monoisotopic (exact) mass is 472 g/mol. The Hall–Kier alpha value is -1.56. The average Bonchev–Trinajstić information content (AvgIpc) is 2.97. The van der Waals surface area contributed by atoms with E-state index in [1.807, 2.05) is 0 Å². The fourth-order valence-corrected chi connectivity index (χ4v) is 2.48. The number of hydrogen-bond donors (Lipinski definition) is 2. The van der Waals surface area contributed by atoms with E-state index in [0.29, 0.717) is 11.4 Å². The molecule has 0 aliphatic heterocycles. The second kappa shape index (κ2) is 9.06. The standard InChI is InChI=1S/C14H15F3N4OS.HI/c1-22-10-4-2-9(3-5-10)20-13(18)19-7-6-12-21-11(8-23-12)14(15,16)17;/h2-5,8H,6-7H2,1H3,(H3,18,19,20);1H. The summed E-state index contributed by atoms with van der Waals surface area (Å²) in [4.78, 5) is 7.60. The third-order valence-corrected chi connectivity index (χ3v) is 3.72. The molecule has 0 saturated carbocycles. The lowest BCUT2D eigenvalue weighted by Gasteiger charge is -2.06. The number of guanidine groups is 1. The zero-order chi connectivity index (χ0) is 16.9. The highest BCUT2D eigenvalue weighted by Crippen LogP contribution is 2.30. The molecule has 24 heavy (non-hydrogen) atoms. The molecule has 0 amide bonds. The highest BCUT2D eigenvalue weighted by atomic mass is 127. The number of nitrogens with two attached hydrogens (primary N) is 1. The fourth-order valence-electron chi connectivity index (χ4n) is 1.69. The Balaban J connectivity index is 0.00000288. The normalized spacial score (nSPS) is 11.8. The van der Waals surface area contributed by atoms with E-state index in [9.17, 15) is 13.2 Å². The number of aromatic nitrogens is 1. The molecule has 1 aromatic carbocycles. The van der Waals surface area contributed by atoms with Crippen LogP contribution in [0.3, 0.4) is 0 Å². The maximum Gasteiger partial charge on any atom is 0.434 e. The summed E-state index contributed by atoms with van der Waals surface area (Å²) in [7, 11) is 1.57. The number of rotatable bonds is 5. The van der Waals surface area contributed by atoms with Gasteiger partial charge in [0.25, 0.3) is 0 Å². The molecular formula is C14H16F3IN4OS. The molecule has 0 aliphatic rings. The molecule has 1 heterocycles. The van der Waals surface area contributed by atoms with E-state index in [2.05, 4.69) is 15.3 Å². The predicted molar refractivity (Wildman–Crippen MR) is 99.3 cm³/mol. The summed E-state index contributed by atoms with van der Waals surface area (Å²) >= 11 is 0.961. The number of aliphatic imine (C=N–C) groups is 1. The number of thiazole rings is 1. The summed E-state index contributed by atoms with van der Waals surface area (Å²) in [6, 6.07) is 7.09. The third-order valence-electron chi connectivity index (χ3n) is 2.81. The first kappa shape index (κ1) is 20.5. The van der Waals surface area contributed by atoms with Gasteiger partial charge >= 0.3 is 6.18 Å². The molecule has 10 heteroatoms. The van der Waals surface area contributed by atoms with Crippen LogP contribution < -0.4 is 15.8 Å². The van der Waals surface area contributed by atoms with Crippen molar-refractivity contribution in [1.29, 1.82) is 0 Å². The first-order valence-corrected chi connectivity index (χ1v) is 7.49. The SMILES string of the molecule is COc1ccc(NC(N)=NCCc2nc(C(F)(F)F)cs2)cc1.I. The van der Waals surface area contributed by atoms with Gasteiger partial charge in [-0.1, -0.05) is 0 Å². The summed E-state index contributed by atoms with van der Waals surface area (Å²) in [5.74, 6) is 0.901. The lowest BCUT2D eigenvalue weighted by molar-refractivity contribution is -0.140. The van der Waals surface area contributed by atoms with Gasteiger partial charge in [0.2, 0.25) is 0 Å². The third kappa shape index (κ3) is 6.15. The Bertz CT molecular complexity index is 673. The maximum atomic E-state index is 12.4. The van der Waals surface area contributed by atoms with Gasteiger partial charge in [-0.2, -0.15) is 13.2 Å². The van der Waals surface area contributed by atoms with Gasteiger partial charge < -0.3 is 15.8 Å². The van der Waals surface area contributed by atoms with Gasteiger partial charge in [0.15, 0.2) is 11.7 Å². The lowest BCUT2D eigenvalue weighted by Crippen LogP contribution is -2.23. The topological polar surface area (TPSA) is 72.5 Å². The Labute approximate surface area is 158 Å². The summed E-state index contributed by atoms with van der Waals surface area (Å²) < 4.78 is 42.3. The number of nitrogens with one attached hydrogen (secondary N) is 1. The van der Waals surface area contributed by atoms with E-state index < -0.39 is 11.9 Å². The van der Waals surface area contributed by atoms with Crippen LogP contribution in [0.25, 0.3) is 0 Å². The first-order valence-electron chi connectivity index (χ1n) is 6.61. The van der Waals surface area contributed by atoms with Crippen molar-refractivity contribution in [2.75, 3.05) is 19.0 Å². The Morgan fingerprint density at radius 1 is 1.33 bits per heavy atom. The van der Waals surface area contributed by atoms with Crippen LogP contribution in [0.1, 0.15) is 10.7 Å². The van der Waals surface area contributed by atoms with Crippen molar-refractivity contribution in [2.45, 2.75) is 12.6 Å². The maximum absolute atomic E-state index is 12.4. The molecule has 3 N–H and O–H groups in total. The molecule has 2 rings (SSSR count). The Kier molecular flexibility index (Phi) is 7.73. The zero-order valence-electron chi connectivity index (χ0n) is 12.6. The van der Waals surface area contributed by atoms with Gasteiger partial charge in [0.05, 0.1) is 12.1 Å². The fraction of sp³-hybridized carbons (Fsp3) is 0.286. The molecule has 1 aromatic heterocycles. The lowest BCUT2D eigenvalue weighted by atomic mass is 10.3. The number of alkyl halides is 3. The zero-order valence-corrected chi connectivity index (χ0v) is 15.8. The van der Waals surface area contributed by atoms with Crippen molar-refractivity contribution in [3.8, 4) is 5.75 Å². The molecule has 132 valence electrons. The van der Waals surface area contributed by atoms with E-state index in [0.717, 1.165) is 28.2 Å². The average molecular weight is 472 g/mol. The number of anilines is 1. The largest absolute Gasteiger partial charge is 0.497 e. The van der Waals surface area contributed by atoms with E-state index in [-0.39, 0.29) is 36.5 Å². The smallest absolute Gasteiger partial charge is 0.434 e. The summed E-state index contributed by atoms with van der Waals surface area (Å²) in [5.41, 5.74) is 5.59. The first-order chi connectivity index (χ1) is 10.9. The predicted octanol–water partition coefficient (Wildman–Crippen LogP) is 3.76. The molecule has 0 bridgehead atoms. The number of hydrogen-bond acceptors (Lipinski definition) is 4. The van der Waals surface area contributed by atoms with Crippen LogP contribution in [0, 0.1) is 0 Å². The quantitative estimate of drug-likeness (QED) is 0.395. The van der Waals surface area contributed by atoms with Crippen molar-refractivity contribution in [1.82, 2.24) is 4.98 Å². The van der Waals surface area contributed by atoms with Crippen molar-refractivity contribution in [3.05, 3.63) is 40.3 Å². The van der Waals surface area contributed by atoms with Crippen LogP contribution in [0.5, 0.6) is 5.75 Å². The molecule has 0 atom stereocenters. The van der Waals surface area contributed by atoms with Crippen LogP contribution in [-0.4, -0.2) is 24.6 Å². The highest BCUT2D eigenvalue weighted by molar-refractivity contribution is 14.0. The number of nitrogens with zero attached hydrogens (tertiary/aromatic N) is 2. The molecule has 2 aromatic rings. The van der Waals surface area contributed by atoms with E-state index in [1.165, 1.54) is 0 Å².